The Morgan fingerprint density at radius 3 is 2.79 bits per heavy atom. The molecule has 4 aromatic rings. The van der Waals surface area contributed by atoms with Crippen LogP contribution < -0.4 is 5.32 Å². The first-order chi connectivity index (χ1) is 11.7. The molecule has 1 amide bonds. The molecular weight excluding hydrogens is 318 g/mol. The summed E-state index contributed by atoms with van der Waals surface area (Å²) < 4.78 is 2.00. The molecule has 4 rings (SSSR count). The van der Waals surface area contributed by atoms with Crippen molar-refractivity contribution >= 4 is 27.9 Å². The van der Waals surface area contributed by atoms with Crippen LogP contribution in [0.5, 0.6) is 0 Å². The summed E-state index contributed by atoms with van der Waals surface area (Å²) in [6, 6.07) is 15.3. The summed E-state index contributed by atoms with van der Waals surface area (Å²) in [5.41, 5.74) is 4.41. The number of amides is 1. The second kappa shape index (κ2) is 5.94. The summed E-state index contributed by atoms with van der Waals surface area (Å²) in [6.07, 6.45) is 3.98. The maximum absolute atomic E-state index is 12.3. The molecule has 0 bridgehead atoms. The lowest BCUT2D eigenvalue weighted by atomic mass is 10.1. The Kier molecular flexibility index (Phi) is 3.63. The van der Waals surface area contributed by atoms with Gasteiger partial charge in [0.05, 0.1) is 5.69 Å². The lowest BCUT2D eigenvalue weighted by molar-refractivity contribution is 0.102. The number of benzene rings is 2. The van der Waals surface area contributed by atoms with Crippen molar-refractivity contribution in [2.75, 3.05) is 5.32 Å². The minimum absolute atomic E-state index is 0.113. The highest BCUT2D eigenvalue weighted by Gasteiger charge is 2.09. The number of carbonyl (C=O) groups is 1. The number of anilines is 1. The topological polar surface area (TPSA) is 46.4 Å². The predicted octanol–water partition coefficient (Wildman–Crippen LogP) is 4.62. The van der Waals surface area contributed by atoms with Gasteiger partial charge in [0.2, 0.25) is 0 Å². The number of aryl methyl sites for hydroxylation is 1. The van der Waals surface area contributed by atoms with Crippen molar-refractivity contribution in [2.45, 2.75) is 6.92 Å². The van der Waals surface area contributed by atoms with Gasteiger partial charge in [0, 0.05) is 34.6 Å². The SMILES string of the molecule is Cc1ccc(C(=O)Nc2cccc(-c3cn4ccsc4n3)c2)cc1. The molecule has 0 unspecified atom stereocenters. The molecule has 0 aliphatic rings. The Bertz CT molecular complexity index is 986. The lowest BCUT2D eigenvalue weighted by Crippen LogP contribution is -2.11. The van der Waals surface area contributed by atoms with Crippen molar-refractivity contribution in [3.05, 3.63) is 77.4 Å². The molecule has 0 aliphatic carbocycles. The number of imidazole rings is 1. The minimum atomic E-state index is -0.113. The first-order valence-corrected chi connectivity index (χ1v) is 8.48. The maximum Gasteiger partial charge on any atom is 0.255 e. The Balaban J connectivity index is 1.59. The molecule has 0 saturated carbocycles. The normalized spacial score (nSPS) is 10.9. The number of aromatic nitrogens is 2. The molecule has 118 valence electrons. The van der Waals surface area contributed by atoms with E-state index in [1.165, 1.54) is 0 Å². The molecule has 2 heterocycles. The third-order valence-electron chi connectivity index (χ3n) is 3.82. The van der Waals surface area contributed by atoms with E-state index in [0.29, 0.717) is 5.56 Å². The van der Waals surface area contributed by atoms with Crippen molar-refractivity contribution in [1.82, 2.24) is 9.38 Å². The van der Waals surface area contributed by atoms with E-state index in [1.54, 1.807) is 11.3 Å². The van der Waals surface area contributed by atoms with Crippen LogP contribution in [0.15, 0.2) is 66.3 Å². The number of thiazole rings is 1. The second-order valence-corrected chi connectivity index (χ2v) is 6.49. The molecule has 0 fully saturated rings. The van der Waals surface area contributed by atoms with Gasteiger partial charge in [-0.05, 0) is 31.2 Å². The first kappa shape index (κ1) is 14.7. The van der Waals surface area contributed by atoms with Crippen molar-refractivity contribution in [3.63, 3.8) is 0 Å². The third-order valence-corrected chi connectivity index (χ3v) is 4.59. The quantitative estimate of drug-likeness (QED) is 0.594. The Hall–Kier alpha value is -2.92. The molecule has 0 spiro atoms. The number of hydrogen-bond donors (Lipinski definition) is 1. The average Bonchev–Trinajstić information content (AvgIpc) is 3.17. The van der Waals surface area contributed by atoms with Crippen LogP contribution in [0.25, 0.3) is 16.2 Å². The largest absolute Gasteiger partial charge is 0.322 e. The van der Waals surface area contributed by atoms with Gasteiger partial charge in [-0.25, -0.2) is 4.98 Å². The van der Waals surface area contributed by atoms with Crippen LogP contribution in [0.2, 0.25) is 0 Å². The number of hydrogen-bond acceptors (Lipinski definition) is 3. The Morgan fingerprint density at radius 1 is 1.17 bits per heavy atom. The van der Waals surface area contributed by atoms with E-state index in [2.05, 4.69) is 10.3 Å². The second-order valence-electron chi connectivity index (χ2n) is 5.62. The van der Waals surface area contributed by atoms with Crippen LogP contribution in [0, 0.1) is 6.92 Å². The smallest absolute Gasteiger partial charge is 0.255 e. The van der Waals surface area contributed by atoms with E-state index in [9.17, 15) is 4.79 Å². The van der Waals surface area contributed by atoms with Gasteiger partial charge < -0.3 is 5.32 Å². The maximum atomic E-state index is 12.3. The van der Waals surface area contributed by atoms with Gasteiger partial charge in [-0.15, -0.1) is 11.3 Å². The highest BCUT2D eigenvalue weighted by atomic mass is 32.1. The molecule has 0 aliphatic heterocycles. The highest BCUT2D eigenvalue weighted by Crippen LogP contribution is 2.24. The first-order valence-electron chi connectivity index (χ1n) is 7.60. The Labute approximate surface area is 143 Å². The van der Waals surface area contributed by atoms with Crippen molar-refractivity contribution < 1.29 is 4.79 Å². The number of nitrogens with zero attached hydrogens (tertiary/aromatic N) is 2. The highest BCUT2D eigenvalue weighted by molar-refractivity contribution is 7.15. The molecular formula is C19H15N3OS. The summed E-state index contributed by atoms with van der Waals surface area (Å²) >= 11 is 1.60. The number of carbonyl (C=O) groups excluding carboxylic acids is 1. The van der Waals surface area contributed by atoms with E-state index in [-0.39, 0.29) is 5.91 Å². The van der Waals surface area contributed by atoms with Gasteiger partial charge in [0.15, 0.2) is 4.96 Å². The van der Waals surface area contributed by atoms with Gasteiger partial charge in [-0.1, -0.05) is 29.8 Å². The van der Waals surface area contributed by atoms with E-state index in [0.717, 1.165) is 27.5 Å². The molecule has 2 aromatic heterocycles. The summed E-state index contributed by atoms with van der Waals surface area (Å²) in [6.45, 7) is 2.00. The van der Waals surface area contributed by atoms with Crippen LogP contribution in [-0.4, -0.2) is 15.3 Å². The zero-order chi connectivity index (χ0) is 16.5. The van der Waals surface area contributed by atoms with Crippen molar-refractivity contribution in [3.8, 4) is 11.3 Å². The lowest BCUT2D eigenvalue weighted by Gasteiger charge is -2.07. The van der Waals surface area contributed by atoms with E-state index >= 15 is 0 Å². The van der Waals surface area contributed by atoms with Crippen LogP contribution >= 0.6 is 11.3 Å². The molecule has 24 heavy (non-hydrogen) atoms. The molecule has 0 radical (unpaired) electrons. The third kappa shape index (κ3) is 2.81. The van der Waals surface area contributed by atoms with Gasteiger partial charge in [-0.3, -0.25) is 9.20 Å². The van der Waals surface area contributed by atoms with E-state index in [4.69, 9.17) is 0 Å². The van der Waals surface area contributed by atoms with Gasteiger partial charge in [0.25, 0.3) is 5.91 Å². The zero-order valence-corrected chi connectivity index (χ0v) is 13.9. The van der Waals surface area contributed by atoms with Crippen LogP contribution in [0.3, 0.4) is 0 Å². The van der Waals surface area contributed by atoms with Crippen LogP contribution in [-0.2, 0) is 0 Å². The molecule has 2 aromatic carbocycles. The van der Waals surface area contributed by atoms with Crippen molar-refractivity contribution in [1.29, 1.82) is 0 Å². The van der Waals surface area contributed by atoms with E-state index in [1.807, 2.05) is 77.6 Å². The number of fused-ring (bicyclic) bond motifs is 1. The fourth-order valence-electron chi connectivity index (χ4n) is 2.53. The summed E-state index contributed by atoms with van der Waals surface area (Å²) in [5.74, 6) is -0.113. The molecule has 4 nitrogen and oxygen atoms in total. The molecule has 1 N–H and O–H groups in total. The van der Waals surface area contributed by atoms with Gasteiger partial charge in [0.1, 0.15) is 0 Å². The van der Waals surface area contributed by atoms with Crippen molar-refractivity contribution in [2.24, 2.45) is 0 Å². The number of rotatable bonds is 3. The Morgan fingerprint density at radius 2 is 2.00 bits per heavy atom. The monoisotopic (exact) mass is 333 g/mol. The summed E-state index contributed by atoms with van der Waals surface area (Å²) in [4.78, 5) is 17.9. The fourth-order valence-corrected chi connectivity index (χ4v) is 3.23. The molecule has 0 atom stereocenters. The molecule has 0 saturated heterocycles. The number of nitrogens with one attached hydrogen (secondary N) is 1. The summed E-state index contributed by atoms with van der Waals surface area (Å²) in [7, 11) is 0. The molecule has 5 heteroatoms. The van der Waals surface area contributed by atoms with Crippen LogP contribution in [0.1, 0.15) is 15.9 Å². The van der Waals surface area contributed by atoms with Crippen LogP contribution in [0.4, 0.5) is 5.69 Å². The average molecular weight is 333 g/mol. The van der Waals surface area contributed by atoms with Gasteiger partial charge in [-0.2, -0.15) is 0 Å². The minimum Gasteiger partial charge on any atom is -0.322 e. The summed E-state index contributed by atoms with van der Waals surface area (Å²) in [5, 5.41) is 4.95. The van der Waals surface area contributed by atoms with Gasteiger partial charge >= 0.3 is 0 Å². The van der Waals surface area contributed by atoms with E-state index < -0.39 is 0 Å². The zero-order valence-electron chi connectivity index (χ0n) is 13.1. The predicted molar refractivity (Wildman–Crippen MR) is 97.6 cm³/mol. The standard InChI is InChI=1S/C19H15N3OS/c1-13-5-7-14(8-6-13)18(23)20-16-4-2-3-15(11-16)17-12-22-9-10-24-19(22)21-17/h2-12H,1H3,(H,20,23). The fraction of sp³-hybridized carbons (Fsp3) is 0.0526.